The van der Waals surface area contributed by atoms with Crippen molar-refractivity contribution >= 4 is 17.3 Å². The van der Waals surface area contributed by atoms with Gasteiger partial charge in [-0.25, -0.2) is 0 Å². The first-order valence-corrected chi connectivity index (χ1v) is 7.82. The quantitative estimate of drug-likeness (QED) is 0.805. The maximum Gasteiger partial charge on any atom is 0.248 e. The van der Waals surface area contributed by atoms with Crippen molar-refractivity contribution in [3.8, 4) is 0 Å². The predicted molar refractivity (Wildman–Crippen MR) is 94.8 cm³/mol. The van der Waals surface area contributed by atoms with Gasteiger partial charge in [-0.3, -0.25) is 0 Å². The summed E-state index contributed by atoms with van der Waals surface area (Å²) >= 11 is 0. The minimum Gasteiger partial charge on any atom is -0.378 e. The number of allylic oxidation sites excluding steroid dienone is 1. The molecule has 0 saturated carbocycles. The first-order valence-electron chi connectivity index (χ1n) is 7.82. The molecule has 2 heterocycles. The molecule has 3 aromatic rings. The summed E-state index contributed by atoms with van der Waals surface area (Å²) in [7, 11) is 4.07. The van der Waals surface area contributed by atoms with Crippen LogP contribution in [0.5, 0.6) is 0 Å². The molecule has 0 aliphatic carbocycles. The van der Waals surface area contributed by atoms with E-state index in [0.717, 1.165) is 22.5 Å². The number of hydrogen-bond acceptors (Lipinski definition) is 5. The van der Waals surface area contributed by atoms with Crippen LogP contribution in [0.4, 0.5) is 11.6 Å². The van der Waals surface area contributed by atoms with Crippen molar-refractivity contribution in [3.63, 3.8) is 0 Å². The topological polar surface area (TPSA) is 58.9 Å². The fraction of sp³-hybridized carbons (Fsp3) is 0.167. The normalized spacial score (nSPS) is 16.1. The Kier molecular flexibility index (Phi) is 3.49. The summed E-state index contributed by atoms with van der Waals surface area (Å²) < 4.78 is 1.80. The van der Waals surface area contributed by atoms with Crippen LogP contribution in [0.3, 0.4) is 0 Å². The summed E-state index contributed by atoms with van der Waals surface area (Å²) in [5.74, 6) is 0.651. The third kappa shape index (κ3) is 2.52. The van der Waals surface area contributed by atoms with Gasteiger partial charge in [0.05, 0.1) is 0 Å². The van der Waals surface area contributed by atoms with Gasteiger partial charge in [0.15, 0.2) is 0 Å². The Hall–Kier alpha value is -3.15. The van der Waals surface area contributed by atoms with Crippen molar-refractivity contribution in [2.45, 2.75) is 6.04 Å². The average molecular weight is 318 g/mol. The van der Waals surface area contributed by atoms with Crippen molar-refractivity contribution in [1.82, 2.24) is 20.2 Å². The Labute approximate surface area is 140 Å². The highest BCUT2D eigenvalue weighted by molar-refractivity contribution is 5.76. The zero-order chi connectivity index (χ0) is 16.5. The molecular weight excluding hydrogens is 300 g/mol. The minimum atomic E-state index is -0.0392. The van der Waals surface area contributed by atoms with Gasteiger partial charge in [0.2, 0.25) is 5.95 Å². The molecule has 6 heteroatoms. The molecule has 1 aliphatic rings. The van der Waals surface area contributed by atoms with E-state index in [4.69, 9.17) is 0 Å². The fourth-order valence-electron chi connectivity index (χ4n) is 2.85. The molecule has 0 amide bonds. The van der Waals surface area contributed by atoms with Gasteiger partial charge in [0.25, 0.3) is 0 Å². The Morgan fingerprint density at radius 2 is 1.75 bits per heavy atom. The molecule has 0 radical (unpaired) electrons. The molecule has 0 spiro atoms. The molecule has 0 saturated heterocycles. The van der Waals surface area contributed by atoms with Crippen molar-refractivity contribution in [3.05, 3.63) is 71.8 Å². The van der Waals surface area contributed by atoms with Crippen LogP contribution in [0.15, 0.2) is 60.7 Å². The van der Waals surface area contributed by atoms with E-state index in [2.05, 4.69) is 68.2 Å². The average Bonchev–Trinajstić information content (AvgIpc) is 3.10. The summed E-state index contributed by atoms with van der Waals surface area (Å²) in [6.45, 7) is 0. The monoisotopic (exact) mass is 318 g/mol. The Morgan fingerprint density at radius 3 is 2.46 bits per heavy atom. The third-order valence-corrected chi connectivity index (χ3v) is 4.16. The van der Waals surface area contributed by atoms with Crippen LogP contribution in [0.1, 0.15) is 17.2 Å². The predicted octanol–water partition coefficient (Wildman–Crippen LogP) is 2.80. The number of anilines is 2. The number of tetrazole rings is 1. The number of rotatable bonds is 3. The summed E-state index contributed by atoms with van der Waals surface area (Å²) in [6.07, 6.45) is 2.16. The second-order valence-corrected chi connectivity index (χ2v) is 5.95. The molecule has 1 N–H and O–H groups in total. The zero-order valence-corrected chi connectivity index (χ0v) is 13.6. The molecule has 0 unspecified atom stereocenters. The summed E-state index contributed by atoms with van der Waals surface area (Å²) in [6, 6.07) is 18.6. The first-order chi connectivity index (χ1) is 11.7. The molecule has 0 fully saturated rings. The largest absolute Gasteiger partial charge is 0.378 e. The molecule has 2 aromatic carbocycles. The highest BCUT2D eigenvalue weighted by atomic mass is 15.6. The van der Waals surface area contributed by atoms with Crippen LogP contribution in [0, 0.1) is 0 Å². The maximum absolute atomic E-state index is 4.14. The molecule has 120 valence electrons. The Morgan fingerprint density at radius 1 is 1.00 bits per heavy atom. The third-order valence-electron chi connectivity index (χ3n) is 4.16. The molecule has 24 heavy (non-hydrogen) atoms. The van der Waals surface area contributed by atoms with E-state index in [1.165, 1.54) is 0 Å². The van der Waals surface area contributed by atoms with Crippen molar-refractivity contribution < 1.29 is 0 Å². The number of fused-ring (bicyclic) bond motifs is 1. The number of nitrogens with zero attached hydrogens (tertiary/aromatic N) is 5. The lowest BCUT2D eigenvalue weighted by Crippen LogP contribution is -2.20. The first kappa shape index (κ1) is 14.4. The van der Waals surface area contributed by atoms with Crippen molar-refractivity contribution in [2.24, 2.45) is 0 Å². The van der Waals surface area contributed by atoms with Gasteiger partial charge in [-0.1, -0.05) is 47.6 Å². The van der Waals surface area contributed by atoms with Crippen LogP contribution in [-0.4, -0.2) is 34.3 Å². The highest BCUT2D eigenvalue weighted by Crippen LogP contribution is 2.32. The Balaban J connectivity index is 1.76. The van der Waals surface area contributed by atoms with Crippen LogP contribution in [-0.2, 0) is 0 Å². The lowest BCUT2D eigenvalue weighted by Gasteiger charge is -2.24. The van der Waals surface area contributed by atoms with Gasteiger partial charge in [0.1, 0.15) is 6.04 Å². The maximum atomic E-state index is 4.14. The van der Waals surface area contributed by atoms with Crippen molar-refractivity contribution in [2.75, 3.05) is 24.3 Å². The number of nitrogens with one attached hydrogen (secondary N) is 1. The number of hydrogen-bond donors (Lipinski definition) is 1. The van der Waals surface area contributed by atoms with E-state index in [9.17, 15) is 0 Å². The fourth-order valence-corrected chi connectivity index (χ4v) is 2.85. The summed E-state index contributed by atoms with van der Waals surface area (Å²) in [5, 5.41) is 15.3. The van der Waals surface area contributed by atoms with Gasteiger partial charge in [-0.15, -0.1) is 0 Å². The standard InChI is InChI=1S/C18H18N6/c1-23(2)15-10-8-14(9-11-15)17-12-16(13-6-4-3-5-7-13)19-18-20-21-22-24(17)18/h3-12,17H,1-2H3,(H,19,20,22)/t17-/m1/s1. The van der Waals surface area contributed by atoms with E-state index in [1.54, 1.807) is 4.68 Å². The van der Waals surface area contributed by atoms with E-state index in [-0.39, 0.29) is 6.04 Å². The number of aromatic nitrogens is 4. The molecule has 4 rings (SSSR count). The van der Waals surface area contributed by atoms with Gasteiger partial charge < -0.3 is 10.2 Å². The lowest BCUT2D eigenvalue weighted by molar-refractivity contribution is 0.586. The van der Waals surface area contributed by atoms with Crippen LogP contribution in [0.25, 0.3) is 5.70 Å². The Bertz CT molecular complexity index is 864. The smallest absolute Gasteiger partial charge is 0.248 e. The number of benzene rings is 2. The molecule has 0 bridgehead atoms. The lowest BCUT2D eigenvalue weighted by atomic mass is 10.0. The molecular formula is C18H18N6. The van der Waals surface area contributed by atoms with E-state index < -0.39 is 0 Å². The molecule has 6 nitrogen and oxygen atoms in total. The zero-order valence-electron chi connectivity index (χ0n) is 13.6. The summed E-state index contributed by atoms with van der Waals surface area (Å²) in [4.78, 5) is 2.08. The van der Waals surface area contributed by atoms with Crippen LogP contribution >= 0.6 is 0 Å². The second kappa shape index (κ2) is 5.81. The van der Waals surface area contributed by atoms with Gasteiger partial charge in [-0.2, -0.15) is 4.68 Å². The molecule has 1 atom stereocenters. The van der Waals surface area contributed by atoms with E-state index in [0.29, 0.717) is 5.95 Å². The van der Waals surface area contributed by atoms with Crippen LogP contribution < -0.4 is 10.2 Å². The summed E-state index contributed by atoms with van der Waals surface area (Å²) in [5.41, 5.74) is 4.43. The van der Waals surface area contributed by atoms with E-state index >= 15 is 0 Å². The van der Waals surface area contributed by atoms with Gasteiger partial charge in [0, 0.05) is 25.5 Å². The highest BCUT2D eigenvalue weighted by Gasteiger charge is 2.24. The minimum absolute atomic E-state index is 0.0392. The molecule has 1 aromatic heterocycles. The van der Waals surface area contributed by atoms with Gasteiger partial charge >= 0.3 is 0 Å². The second-order valence-electron chi connectivity index (χ2n) is 5.95. The van der Waals surface area contributed by atoms with E-state index in [1.807, 2.05) is 32.3 Å². The molecule has 1 aliphatic heterocycles. The van der Waals surface area contributed by atoms with Crippen molar-refractivity contribution in [1.29, 1.82) is 0 Å². The SMILES string of the molecule is CN(C)c1ccc([C@H]2C=C(c3ccccc3)Nc3nnnn32)cc1. The van der Waals surface area contributed by atoms with Gasteiger partial charge in [-0.05, 0) is 39.8 Å². The van der Waals surface area contributed by atoms with Crippen LogP contribution in [0.2, 0.25) is 0 Å².